The molecule has 0 radical (unpaired) electrons. The topological polar surface area (TPSA) is 58.2 Å². The monoisotopic (exact) mass is 326 g/mol. The van der Waals surface area contributed by atoms with Crippen molar-refractivity contribution >= 4 is 22.6 Å². The molecule has 0 saturated heterocycles. The number of rotatable bonds is 6. The summed E-state index contributed by atoms with van der Waals surface area (Å²) in [6.45, 7) is 6.24. The van der Waals surface area contributed by atoms with Crippen molar-refractivity contribution in [1.29, 1.82) is 0 Å². The highest BCUT2D eigenvalue weighted by Crippen LogP contribution is 2.15. The van der Waals surface area contributed by atoms with Crippen molar-refractivity contribution in [2.45, 2.75) is 40.0 Å². The molecule has 128 valence electrons. The van der Waals surface area contributed by atoms with E-state index in [9.17, 15) is 9.59 Å². The van der Waals surface area contributed by atoms with E-state index in [1.807, 2.05) is 43.3 Å². The summed E-state index contributed by atoms with van der Waals surface area (Å²) in [4.78, 5) is 24.2. The van der Waals surface area contributed by atoms with E-state index in [1.54, 1.807) is 6.07 Å². The van der Waals surface area contributed by atoms with E-state index in [0.29, 0.717) is 11.5 Å². The third-order valence-corrected chi connectivity index (χ3v) is 4.18. The Hall–Kier alpha value is -2.36. The second kappa shape index (κ2) is 8.48. The summed E-state index contributed by atoms with van der Waals surface area (Å²) in [5.41, 5.74) is 5.56. The van der Waals surface area contributed by atoms with E-state index in [-0.39, 0.29) is 17.7 Å². The van der Waals surface area contributed by atoms with Gasteiger partial charge in [0.15, 0.2) is 0 Å². The lowest BCUT2D eigenvalue weighted by Gasteiger charge is -2.13. The molecule has 0 aromatic heterocycles. The molecule has 0 bridgehead atoms. The molecule has 0 heterocycles. The van der Waals surface area contributed by atoms with E-state index in [2.05, 4.69) is 24.7 Å². The van der Waals surface area contributed by atoms with Crippen molar-refractivity contribution in [2.75, 3.05) is 0 Å². The van der Waals surface area contributed by atoms with Gasteiger partial charge in [-0.2, -0.15) is 0 Å². The first-order chi connectivity index (χ1) is 11.5. The molecule has 1 atom stereocenters. The summed E-state index contributed by atoms with van der Waals surface area (Å²) in [5.74, 6) is 0.0879. The standard InChI is InChI=1S/C20H26N2O2/c1-14(2)7-6-8-15(3)19(23)21-22-20(24)18-12-11-16-9-4-5-10-17(16)13-18/h4-5,9-15H,6-8H2,1-3H3,(H,21,23)(H,22,24). The molecule has 0 saturated carbocycles. The number of hydrogen-bond donors (Lipinski definition) is 2. The van der Waals surface area contributed by atoms with Crippen LogP contribution in [-0.4, -0.2) is 11.8 Å². The van der Waals surface area contributed by atoms with Crippen molar-refractivity contribution in [3.05, 3.63) is 48.0 Å². The Kier molecular flexibility index (Phi) is 6.36. The van der Waals surface area contributed by atoms with Gasteiger partial charge in [-0.05, 0) is 35.2 Å². The number of carbonyl (C=O) groups is 2. The van der Waals surface area contributed by atoms with E-state index >= 15 is 0 Å². The first kappa shape index (κ1) is 18.0. The van der Waals surface area contributed by atoms with Crippen LogP contribution in [0.5, 0.6) is 0 Å². The fraction of sp³-hybridized carbons (Fsp3) is 0.400. The van der Waals surface area contributed by atoms with Gasteiger partial charge in [0, 0.05) is 11.5 Å². The number of hydrazine groups is 1. The van der Waals surface area contributed by atoms with Crippen LogP contribution in [0.3, 0.4) is 0 Å². The van der Waals surface area contributed by atoms with Crippen molar-refractivity contribution < 1.29 is 9.59 Å². The van der Waals surface area contributed by atoms with E-state index in [4.69, 9.17) is 0 Å². The van der Waals surface area contributed by atoms with E-state index in [1.165, 1.54) is 0 Å². The molecule has 4 nitrogen and oxygen atoms in total. The van der Waals surface area contributed by atoms with Crippen LogP contribution >= 0.6 is 0 Å². The lowest BCUT2D eigenvalue weighted by Crippen LogP contribution is -2.44. The SMILES string of the molecule is CC(C)CCCC(C)C(=O)NNC(=O)c1ccc2ccccc2c1. The predicted octanol–water partition coefficient (Wildman–Crippen LogP) is 4.06. The Bertz CT molecular complexity index is 710. The van der Waals surface area contributed by atoms with Gasteiger partial charge in [-0.25, -0.2) is 0 Å². The van der Waals surface area contributed by atoms with Gasteiger partial charge in [0.05, 0.1) is 0 Å². The number of nitrogens with one attached hydrogen (secondary N) is 2. The maximum absolute atomic E-state index is 12.2. The molecule has 0 aliphatic heterocycles. The van der Waals surface area contributed by atoms with Crippen molar-refractivity contribution in [2.24, 2.45) is 11.8 Å². The molecule has 2 aromatic carbocycles. The first-order valence-corrected chi connectivity index (χ1v) is 8.56. The summed E-state index contributed by atoms with van der Waals surface area (Å²) < 4.78 is 0. The number of fused-ring (bicyclic) bond motifs is 1. The lowest BCUT2D eigenvalue weighted by atomic mass is 9.99. The van der Waals surface area contributed by atoms with E-state index < -0.39 is 0 Å². The number of carbonyl (C=O) groups excluding carboxylic acids is 2. The van der Waals surface area contributed by atoms with Gasteiger partial charge in [-0.15, -0.1) is 0 Å². The second-order valence-electron chi connectivity index (χ2n) is 6.73. The fourth-order valence-corrected chi connectivity index (χ4v) is 2.61. The van der Waals surface area contributed by atoms with Gasteiger partial charge in [-0.3, -0.25) is 20.4 Å². The molecule has 2 N–H and O–H groups in total. The number of amides is 2. The molecule has 2 aromatic rings. The Balaban J connectivity index is 1.86. The molecule has 0 fully saturated rings. The molecule has 0 aliphatic carbocycles. The van der Waals surface area contributed by atoms with Gasteiger partial charge < -0.3 is 0 Å². The molecule has 0 spiro atoms. The zero-order chi connectivity index (χ0) is 17.5. The number of benzene rings is 2. The summed E-state index contributed by atoms with van der Waals surface area (Å²) in [6, 6.07) is 13.3. The largest absolute Gasteiger partial charge is 0.273 e. The van der Waals surface area contributed by atoms with Crippen molar-refractivity contribution in [3.63, 3.8) is 0 Å². The van der Waals surface area contributed by atoms with Crippen LogP contribution in [0.2, 0.25) is 0 Å². The molecule has 0 aliphatic rings. The average molecular weight is 326 g/mol. The molecular formula is C20H26N2O2. The van der Waals surface area contributed by atoms with Gasteiger partial charge in [-0.1, -0.05) is 63.9 Å². The fourth-order valence-electron chi connectivity index (χ4n) is 2.61. The Morgan fingerprint density at radius 3 is 2.33 bits per heavy atom. The van der Waals surface area contributed by atoms with Gasteiger partial charge in [0.25, 0.3) is 5.91 Å². The highest BCUT2D eigenvalue weighted by molar-refractivity contribution is 5.99. The average Bonchev–Trinajstić information content (AvgIpc) is 2.58. The highest BCUT2D eigenvalue weighted by atomic mass is 16.2. The highest BCUT2D eigenvalue weighted by Gasteiger charge is 2.14. The van der Waals surface area contributed by atoms with Crippen LogP contribution in [0.15, 0.2) is 42.5 Å². The maximum atomic E-state index is 12.2. The normalized spacial score (nSPS) is 12.2. The van der Waals surface area contributed by atoms with Crippen LogP contribution in [-0.2, 0) is 4.79 Å². The van der Waals surface area contributed by atoms with Crippen LogP contribution in [0.25, 0.3) is 10.8 Å². The third-order valence-electron chi connectivity index (χ3n) is 4.18. The zero-order valence-electron chi connectivity index (χ0n) is 14.6. The van der Waals surface area contributed by atoms with Gasteiger partial charge >= 0.3 is 0 Å². The van der Waals surface area contributed by atoms with E-state index in [0.717, 1.165) is 30.0 Å². The minimum Gasteiger partial charge on any atom is -0.273 e. The summed E-state index contributed by atoms with van der Waals surface area (Å²) in [6.07, 6.45) is 2.96. The molecule has 1 unspecified atom stereocenters. The minimum atomic E-state index is -0.302. The lowest BCUT2D eigenvalue weighted by molar-refractivity contribution is -0.125. The van der Waals surface area contributed by atoms with Crippen LogP contribution in [0.4, 0.5) is 0 Å². The van der Waals surface area contributed by atoms with Crippen molar-refractivity contribution in [1.82, 2.24) is 10.9 Å². The summed E-state index contributed by atoms with van der Waals surface area (Å²) >= 11 is 0. The Labute approximate surface area is 143 Å². The first-order valence-electron chi connectivity index (χ1n) is 8.56. The smallest absolute Gasteiger partial charge is 0.269 e. The zero-order valence-corrected chi connectivity index (χ0v) is 14.6. The van der Waals surface area contributed by atoms with Crippen LogP contribution in [0, 0.1) is 11.8 Å². The molecule has 4 heteroatoms. The second-order valence-corrected chi connectivity index (χ2v) is 6.73. The summed E-state index contributed by atoms with van der Waals surface area (Å²) in [7, 11) is 0. The third kappa shape index (κ3) is 5.08. The Morgan fingerprint density at radius 2 is 1.62 bits per heavy atom. The van der Waals surface area contributed by atoms with Crippen molar-refractivity contribution in [3.8, 4) is 0 Å². The molecule has 2 rings (SSSR count). The molecule has 2 amide bonds. The van der Waals surface area contributed by atoms with Gasteiger partial charge in [0.1, 0.15) is 0 Å². The summed E-state index contributed by atoms with van der Waals surface area (Å²) in [5, 5.41) is 2.08. The number of hydrogen-bond acceptors (Lipinski definition) is 2. The van der Waals surface area contributed by atoms with Crippen LogP contribution in [0.1, 0.15) is 50.4 Å². The minimum absolute atomic E-state index is 0.111. The predicted molar refractivity (Wildman–Crippen MR) is 97.4 cm³/mol. The van der Waals surface area contributed by atoms with Gasteiger partial charge in [0.2, 0.25) is 5.91 Å². The quantitative estimate of drug-likeness (QED) is 0.786. The Morgan fingerprint density at radius 1 is 0.917 bits per heavy atom. The van der Waals surface area contributed by atoms with Crippen LogP contribution < -0.4 is 10.9 Å². The maximum Gasteiger partial charge on any atom is 0.269 e. The molecular weight excluding hydrogens is 300 g/mol. The molecule has 24 heavy (non-hydrogen) atoms.